The molecule has 0 amide bonds. The molecule has 3 nitrogen and oxygen atoms in total. The maximum absolute atomic E-state index is 5.86. The summed E-state index contributed by atoms with van der Waals surface area (Å²) in [6, 6.07) is 4.10. The Morgan fingerprint density at radius 1 is 1.32 bits per heavy atom. The van der Waals surface area contributed by atoms with Crippen molar-refractivity contribution in [3.63, 3.8) is 0 Å². The topological polar surface area (TPSA) is 30.5 Å². The summed E-state index contributed by atoms with van der Waals surface area (Å²) in [6.07, 6.45) is 2.47. The average molecular weight is 328 g/mol. The van der Waals surface area contributed by atoms with Gasteiger partial charge in [-0.3, -0.25) is 0 Å². The summed E-state index contributed by atoms with van der Waals surface area (Å²) in [5.41, 5.74) is 1.25. The summed E-state index contributed by atoms with van der Waals surface area (Å²) in [7, 11) is 1.67. The van der Waals surface area contributed by atoms with Crippen LogP contribution >= 0.6 is 15.9 Å². The molecule has 19 heavy (non-hydrogen) atoms. The van der Waals surface area contributed by atoms with Gasteiger partial charge in [0, 0.05) is 10.0 Å². The van der Waals surface area contributed by atoms with Crippen molar-refractivity contribution in [3.05, 3.63) is 22.2 Å². The molecule has 106 valence electrons. The molecular formula is C15H22BrNO2. The quantitative estimate of drug-likeness (QED) is 0.911. The van der Waals surface area contributed by atoms with Gasteiger partial charge in [-0.2, -0.15) is 0 Å². The highest BCUT2D eigenvalue weighted by Crippen LogP contribution is 2.41. The molecule has 0 bridgehead atoms. The molecule has 0 spiro atoms. The summed E-state index contributed by atoms with van der Waals surface area (Å²) in [5, 5.41) is 3.58. The second kappa shape index (κ2) is 5.71. The highest BCUT2D eigenvalue weighted by atomic mass is 79.9. The number of halogens is 1. The summed E-state index contributed by atoms with van der Waals surface area (Å²) in [5.74, 6) is 1.58. The lowest BCUT2D eigenvalue weighted by Crippen LogP contribution is -2.33. The molecule has 0 saturated carbocycles. The van der Waals surface area contributed by atoms with Crippen LogP contribution in [0.25, 0.3) is 0 Å². The Balaban J connectivity index is 2.44. The Bertz CT molecular complexity index is 454. The Hall–Kier alpha value is -0.740. The number of methoxy groups -OCH3 is 1. The van der Waals surface area contributed by atoms with Gasteiger partial charge in [0.1, 0.15) is 0 Å². The van der Waals surface area contributed by atoms with E-state index in [4.69, 9.17) is 9.47 Å². The van der Waals surface area contributed by atoms with Crippen LogP contribution in [0.1, 0.15) is 39.2 Å². The van der Waals surface area contributed by atoms with E-state index in [1.165, 1.54) is 12.0 Å². The third-order valence-corrected chi connectivity index (χ3v) is 4.24. The average Bonchev–Trinajstić information content (AvgIpc) is 2.78. The smallest absolute Gasteiger partial charge is 0.161 e. The Morgan fingerprint density at radius 2 is 2.05 bits per heavy atom. The van der Waals surface area contributed by atoms with Crippen molar-refractivity contribution in [2.24, 2.45) is 0 Å². The van der Waals surface area contributed by atoms with Crippen molar-refractivity contribution in [1.82, 2.24) is 5.32 Å². The molecule has 0 radical (unpaired) electrons. The van der Waals surface area contributed by atoms with E-state index < -0.39 is 0 Å². The van der Waals surface area contributed by atoms with E-state index in [9.17, 15) is 0 Å². The molecule has 1 atom stereocenters. The molecule has 1 saturated heterocycles. The van der Waals surface area contributed by atoms with Crippen molar-refractivity contribution in [1.29, 1.82) is 0 Å². The highest BCUT2D eigenvalue weighted by Gasteiger charge is 2.32. The maximum atomic E-state index is 5.86. The molecule has 1 aliphatic heterocycles. The van der Waals surface area contributed by atoms with Gasteiger partial charge in [-0.1, -0.05) is 15.9 Å². The number of hydrogen-bond donors (Lipinski definition) is 1. The summed E-state index contributed by atoms with van der Waals surface area (Å²) < 4.78 is 12.3. The lowest BCUT2D eigenvalue weighted by Gasteiger charge is -2.28. The number of hydrogen-bond acceptors (Lipinski definition) is 3. The van der Waals surface area contributed by atoms with Gasteiger partial charge >= 0.3 is 0 Å². The minimum absolute atomic E-state index is 0.0141. The van der Waals surface area contributed by atoms with Crippen LogP contribution in [-0.2, 0) is 5.54 Å². The highest BCUT2D eigenvalue weighted by molar-refractivity contribution is 9.10. The molecule has 1 N–H and O–H groups in total. The Morgan fingerprint density at radius 3 is 2.58 bits per heavy atom. The Kier molecular flexibility index (Phi) is 4.41. The first-order valence-electron chi connectivity index (χ1n) is 6.76. The number of nitrogens with one attached hydrogen (secondary N) is 1. The fourth-order valence-electron chi connectivity index (χ4n) is 2.59. The van der Waals surface area contributed by atoms with Gasteiger partial charge in [0.15, 0.2) is 11.5 Å². The van der Waals surface area contributed by atoms with E-state index in [2.05, 4.69) is 34.2 Å². The first kappa shape index (κ1) is 14.7. The Labute approximate surface area is 123 Å². The molecule has 2 rings (SSSR count). The minimum Gasteiger partial charge on any atom is -0.493 e. The predicted molar refractivity (Wildman–Crippen MR) is 81.0 cm³/mol. The van der Waals surface area contributed by atoms with Gasteiger partial charge < -0.3 is 14.8 Å². The summed E-state index contributed by atoms with van der Waals surface area (Å²) in [6.45, 7) is 7.36. The fraction of sp³-hybridized carbons (Fsp3) is 0.600. The lowest BCUT2D eigenvalue weighted by atomic mass is 9.90. The summed E-state index contributed by atoms with van der Waals surface area (Å²) >= 11 is 3.66. The lowest BCUT2D eigenvalue weighted by molar-refractivity contribution is 0.229. The van der Waals surface area contributed by atoms with E-state index >= 15 is 0 Å². The van der Waals surface area contributed by atoms with Crippen LogP contribution < -0.4 is 14.8 Å². The van der Waals surface area contributed by atoms with Crippen molar-refractivity contribution < 1.29 is 9.47 Å². The zero-order chi connectivity index (χ0) is 14.0. The molecule has 1 aliphatic rings. The fourth-order valence-corrected chi connectivity index (χ4v) is 3.35. The number of benzene rings is 1. The van der Waals surface area contributed by atoms with Crippen molar-refractivity contribution in [2.75, 3.05) is 13.7 Å². The van der Waals surface area contributed by atoms with E-state index in [0.717, 1.165) is 28.9 Å². The molecule has 1 unspecified atom stereocenters. The SMILES string of the molecule is COc1cc(Br)c(C2(C)CCCN2)cc1OC(C)C. The van der Waals surface area contributed by atoms with Gasteiger partial charge in [-0.25, -0.2) is 0 Å². The third kappa shape index (κ3) is 3.06. The second-order valence-electron chi connectivity index (χ2n) is 5.51. The molecule has 0 aromatic heterocycles. The van der Waals surface area contributed by atoms with Gasteiger partial charge in [0.2, 0.25) is 0 Å². The monoisotopic (exact) mass is 327 g/mol. The standard InChI is InChI=1S/C15H22BrNO2/c1-10(2)19-14-8-11(12(16)9-13(14)18-4)15(3)6-5-7-17-15/h8-10,17H,5-7H2,1-4H3. The van der Waals surface area contributed by atoms with Crippen molar-refractivity contribution in [2.45, 2.75) is 45.3 Å². The van der Waals surface area contributed by atoms with Crippen LogP contribution in [-0.4, -0.2) is 19.8 Å². The van der Waals surface area contributed by atoms with Crippen LogP contribution in [0.3, 0.4) is 0 Å². The zero-order valence-electron chi connectivity index (χ0n) is 12.0. The minimum atomic E-state index is 0.0141. The van der Waals surface area contributed by atoms with E-state index in [1.54, 1.807) is 7.11 Å². The second-order valence-corrected chi connectivity index (χ2v) is 6.37. The molecule has 1 fully saturated rings. The van der Waals surface area contributed by atoms with Gasteiger partial charge in [0.05, 0.1) is 13.2 Å². The van der Waals surface area contributed by atoms with Gasteiger partial charge in [-0.15, -0.1) is 0 Å². The van der Waals surface area contributed by atoms with E-state index in [1.807, 2.05) is 19.9 Å². The molecular weight excluding hydrogens is 306 g/mol. The molecule has 1 aromatic rings. The number of rotatable bonds is 4. The molecule has 1 heterocycles. The molecule has 1 aromatic carbocycles. The molecule has 0 aliphatic carbocycles. The van der Waals surface area contributed by atoms with Crippen LogP contribution in [0.15, 0.2) is 16.6 Å². The largest absolute Gasteiger partial charge is 0.493 e. The van der Waals surface area contributed by atoms with Crippen LogP contribution in [0, 0.1) is 0 Å². The first-order valence-corrected chi connectivity index (χ1v) is 7.55. The van der Waals surface area contributed by atoms with Crippen LogP contribution in [0.2, 0.25) is 0 Å². The normalized spacial score (nSPS) is 22.8. The van der Waals surface area contributed by atoms with E-state index in [-0.39, 0.29) is 11.6 Å². The predicted octanol–water partition coefficient (Wildman–Crippen LogP) is 3.84. The third-order valence-electron chi connectivity index (χ3n) is 3.58. The first-order chi connectivity index (χ1) is 8.96. The molecule has 4 heteroatoms. The van der Waals surface area contributed by atoms with E-state index in [0.29, 0.717) is 0 Å². The van der Waals surface area contributed by atoms with Crippen LogP contribution in [0.4, 0.5) is 0 Å². The van der Waals surface area contributed by atoms with Crippen molar-refractivity contribution in [3.8, 4) is 11.5 Å². The van der Waals surface area contributed by atoms with Crippen molar-refractivity contribution >= 4 is 15.9 Å². The van der Waals surface area contributed by atoms with Gasteiger partial charge in [0.25, 0.3) is 0 Å². The summed E-state index contributed by atoms with van der Waals surface area (Å²) in [4.78, 5) is 0. The maximum Gasteiger partial charge on any atom is 0.161 e. The van der Waals surface area contributed by atoms with Crippen LogP contribution in [0.5, 0.6) is 11.5 Å². The zero-order valence-corrected chi connectivity index (χ0v) is 13.6. The number of ether oxygens (including phenoxy) is 2. The van der Waals surface area contributed by atoms with Gasteiger partial charge in [-0.05, 0) is 57.9 Å².